The summed E-state index contributed by atoms with van der Waals surface area (Å²) in [5.74, 6) is 0.563. The van der Waals surface area contributed by atoms with E-state index in [0.717, 1.165) is 11.1 Å². The van der Waals surface area contributed by atoms with Gasteiger partial charge in [-0.1, -0.05) is 17.7 Å². The van der Waals surface area contributed by atoms with Gasteiger partial charge in [0.2, 0.25) is 0 Å². The van der Waals surface area contributed by atoms with Gasteiger partial charge in [-0.15, -0.1) is 0 Å². The van der Waals surface area contributed by atoms with Crippen LogP contribution in [0, 0.1) is 17.0 Å². The van der Waals surface area contributed by atoms with Crippen molar-refractivity contribution in [2.45, 2.75) is 18.4 Å². The molecule has 0 atom stereocenters. The van der Waals surface area contributed by atoms with Gasteiger partial charge < -0.3 is 4.74 Å². The Morgan fingerprint density at radius 3 is 2.07 bits per heavy atom. The first-order valence-corrected chi connectivity index (χ1v) is 10.2. The number of nitro benzene ring substituents is 1. The zero-order valence-corrected chi connectivity index (χ0v) is 16.8. The molecule has 0 radical (unpaired) electrons. The largest absolute Gasteiger partial charge is 0.489 e. The van der Waals surface area contributed by atoms with Gasteiger partial charge in [0, 0.05) is 19.2 Å². The van der Waals surface area contributed by atoms with Crippen molar-refractivity contribution in [1.29, 1.82) is 0 Å². The molecule has 3 aromatic carbocycles. The number of non-ortho nitro benzene ring substituents is 1. The second kappa shape index (κ2) is 8.32. The Labute approximate surface area is 169 Å². The fourth-order valence-corrected chi connectivity index (χ4v) is 3.84. The molecule has 29 heavy (non-hydrogen) atoms. The third-order valence-corrected chi connectivity index (χ3v) is 6.23. The van der Waals surface area contributed by atoms with Gasteiger partial charge in [-0.2, -0.15) is 0 Å². The molecular formula is C21H20N2O5S. The van der Waals surface area contributed by atoms with Crippen molar-refractivity contribution in [2.75, 3.05) is 11.4 Å². The molecule has 0 aromatic heterocycles. The smallest absolute Gasteiger partial charge is 0.269 e. The van der Waals surface area contributed by atoms with Crippen LogP contribution in [-0.2, 0) is 16.6 Å². The quantitative estimate of drug-likeness (QED) is 0.426. The summed E-state index contributed by atoms with van der Waals surface area (Å²) in [6, 6.07) is 19.5. The Kier molecular flexibility index (Phi) is 5.84. The van der Waals surface area contributed by atoms with Crippen LogP contribution in [-0.4, -0.2) is 20.4 Å². The molecule has 0 saturated heterocycles. The minimum atomic E-state index is -3.65. The molecule has 0 saturated carbocycles. The van der Waals surface area contributed by atoms with Crippen molar-refractivity contribution in [3.05, 3.63) is 94.0 Å². The molecule has 0 N–H and O–H groups in total. The van der Waals surface area contributed by atoms with Crippen molar-refractivity contribution in [2.24, 2.45) is 0 Å². The number of sulfonamides is 1. The first kappa shape index (κ1) is 20.3. The highest BCUT2D eigenvalue weighted by atomic mass is 32.2. The monoisotopic (exact) mass is 412 g/mol. The minimum absolute atomic E-state index is 0.0240. The number of ether oxygens (including phenoxy) is 1. The molecule has 0 unspecified atom stereocenters. The molecule has 0 bridgehead atoms. The van der Waals surface area contributed by atoms with Gasteiger partial charge >= 0.3 is 0 Å². The van der Waals surface area contributed by atoms with E-state index in [2.05, 4.69) is 0 Å². The average Bonchev–Trinajstić information content (AvgIpc) is 2.72. The number of hydrogen-bond acceptors (Lipinski definition) is 5. The zero-order valence-electron chi connectivity index (χ0n) is 16.0. The Morgan fingerprint density at radius 1 is 0.931 bits per heavy atom. The highest BCUT2D eigenvalue weighted by molar-refractivity contribution is 7.92. The maximum atomic E-state index is 12.8. The van der Waals surface area contributed by atoms with Crippen molar-refractivity contribution < 1.29 is 18.1 Å². The summed E-state index contributed by atoms with van der Waals surface area (Å²) in [4.78, 5) is 10.5. The van der Waals surface area contributed by atoms with Crippen LogP contribution >= 0.6 is 0 Å². The fourth-order valence-electron chi connectivity index (χ4n) is 2.64. The second-order valence-corrected chi connectivity index (χ2v) is 8.46. The van der Waals surface area contributed by atoms with Gasteiger partial charge in [0.05, 0.1) is 15.5 Å². The lowest BCUT2D eigenvalue weighted by atomic mass is 10.2. The molecule has 0 heterocycles. The van der Waals surface area contributed by atoms with Crippen molar-refractivity contribution >= 4 is 21.4 Å². The SMILES string of the molecule is Cc1ccc(S(=O)(=O)N(C)c2ccc(OCc3ccc([N+](=O)[O-])cc3)cc2)cc1. The van der Waals surface area contributed by atoms with Gasteiger partial charge in [0.25, 0.3) is 15.7 Å². The van der Waals surface area contributed by atoms with Crippen LogP contribution in [0.15, 0.2) is 77.7 Å². The fraction of sp³-hybridized carbons (Fsp3) is 0.143. The molecule has 0 aliphatic carbocycles. The summed E-state index contributed by atoms with van der Waals surface area (Å²) >= 11 is 0. The summed E-state index contributed by atoms with van der Waals surface area (Å²) in [6.45, 7) is 2.14. The number of anilines is 1. The van der Waals surface area contributed by atoms with Gasteiger partial charge in [-0.3, -0.25) is 14.4 Å². The molecule has 7 nitrogen and oxygen atoms in total. The molecule has 150 valence electrons. The van der Waals surface area contributed by atoms with Crippen LogP contribution in [0.3, 0.4) is 0 Å². The van der Waals surface area contributed by atoms with Crippen molar-refractivity contribution in [1.82, 2.24) is 0 Å². The van der Waals surface area contributed by atoms with Gasteiger partial charge in [0.15, 0.2) is 0 Å². The number of benzene rings is 3. The molecular weight excluding hydrogens is 392 g/mol. The van der Waals surface area contributed by atoms with E-state index >= 15 is 0 Å². The van der Waals surface area contributed by atoms with Crippen molar-refractivity contribution in [3.8, 4) is 5.75 Å². The van der Waals surface area contributed by atoms with Gasteiger partial charge in [-0.25, -0.2) is 8.42 Å². The number of rotatable bonds is 7. The molecule has 0 aliphatic rings. The van der Waals surface area contributed by atoms with Crippen LogP contribution in [0.25, 0.3) is 0 Å². The predicted molar refractivity (Wildman–Crippen MR) is 111 cm³/mol. The summed E-state index contributed by atoms with van der Waals surface area (Å²) in [5, 5.41) is 10.7. The Hall–Kier alpha value is -3.39. The lowest BCUT2D eigenvalue weighted by Gasteiger charge is -2.20. The Balaban J connectivity index is 1.67. The number of nitrogens with zero attached hydrogens (tertiary/aromatic N) is 2. The van der Waals surface area contributed by atoms with Crippen LogP contribution < -0.4 is 9.04 Å². The summed E-state index contributed by atoms with van der Waals surface area (Å²) in [6.07, 6.45) is 0. The second-order valence-electron chi connectivity index (χ2n) is 6.49. The minimum Gasteiger partial charge on any atom is -0.489 e. The average molecular weight is 412 g/mol. The highest BCUT2D eigenvalue weighted by Gasteiger charge is 2.21. The molecule has 8 heteroatoms. The Morgan fingerprint density at radius 2 is 1.52 bits per heavy atom. The van der Waals surface area contributed by atoms with E-state index in [1.54, 1.807) is 60.7 Å². The lowest BCUT2D eigenvalue weighted by Crippen LogP contribution is -2.26. The Bertz CT molecular complexity index is 1090. The molecule has 0 fully saturated rings. The maximum Gasteiger partial charge on any atom is 0.269 e. The van der Waals surface area contributed by atoms with Crippen LogP contribution in [0.2, 0.25) is 0 Å². The van der Waals surface area contributed by atoms with Gasteiger partial charge in [-0.05, 0) is 61.0 Å². The first-order chi connectivity index (χ1) is 13.8. The predicted octanol–water partition coefficient (Wildman–Crippen LogP) is 4.31. The molecule has 0 spiro atoms. The number of hydrogen-bond donors (Lipinski definition) is 0. The highest BCUT2D eigenvalue weighted by Crippen LogP contribution is 2.25. The van der Waals surface area contributed by atoms with Crippen LogP contribution in [0.4, 0.5) is 11.4 Å². The van der Waals surface area contributed by atoms with E-state index in [0.29, 0.717) is 11.4 Å². The molecule has 0 aliphatic heterocycles. The zero-order chi connectivity index (χ0) is 21.0. The molecule has 3 aromatic rings. The summed E-state index contributed by atoms with van der Waals surface area (Å²) in [5.41, 5.74) is 2.31. The van der Waals surface area contributed by atoms with Crippen molar-refractivity contribution in [3.63, 3.8) is 0 Å². The topological polar surface area (TPSA) is 89.8 Å². The lowest BCUT2D eigenvalue weighted by molar-refractivity contribution is -0.384. The van der Waals surface area contributed by atoms with E-state index in [4.69, 9.17) is 4.74 Å². The first-order valence-electron chi connectivity index (χ1n) is 8.79. The van der Waals surface area contributed by atoms with E-state index in [1.165, 1.54) is 23.5 Å². The standard InChI is InChI=1S/C21H20N2O5S/c1-16-3-13-21(14-4-16)29(26,27)22(2)18-9-11-20(12-10-18)28-15-17-5-7-19(8-6-17)23(24)25/h3-14H,15H2,1-2H3. The molecule has 0 amide bonds. The third-order valence-electron chi connectivity index (χ3n) is 4.43. The van der Waals surface area contributed by atoms with Crippen LogP contribution in [0.5, 0.6) is 5.75 Å². The molecule has 3 rings (SSSR count). The summed E-state index contributed by atoms with van der Waals surface area (Å²) in [7, 11) is -2.15. The third kappa shape index (κ3) is 4.72. The maximum absolute atomic E-state index is 12.8. The summed E-state index contributed by atoms with van der Waals surface area (Å²) < 4.78 is 32.4. The van der Waals surface area contributed by atoms with E-state index in [9.17, 15) is 18.5 Å². The number of aryl methyl sites for hydroxylation is 1. The number of nitro groups is 1. The van der Waals surface area contributed by atoms with E-state index in [-0.39, 0.29) is 17.2 Å². The van der Waals surface area contributed by atoms with E-state index < -0.39 is 14.9 Å². The van der Waals surface area contributed by atoms with Crippen LogP contribution in [0.1, 0.15) is 11.1 Å². The van der Waals surface area contributed by atoms with E-state index in [1.807, 2.05) is 6.92 Å². The normalized spacial score (nSPS) is 11.1. The van der Waals surface area contributed by atoms with Gasteiger partial charge in [0.1, 0.15) is 12.4 Å².